The second-order valence-electron chi connectivity index (χ2n) is 1.20. The number of rotatable bonds is 1. The molecule has 0 bridgehead atoms. The Morgan fingerprint density at radius 3 is 3.00 bits per heavy atom. The molecule has 0 saturated heterocycles. The molecular formula is C4H5NO2. The maximum absolute atomic E-state index is 9.80. The Labute approximate surface area is 41.2 Å². The molecule has 3 nitrogen and oxygen atoms in total. The van der Waals surface area contributed by atoms with Crippen LogP contribution in [0.25, 0.3) is 0 Å². The van der Waals surface area contributed by atoms with Crippen molar-refractivity contribution in [3.8, 4) is 0 Å². The zero-order valence-corrected chi connectivity index (χ0v) is 3.70. The molecule has 0 N–H and O–H groups in total. The van der Waals surface area contributed by atoms with Crippen molar-refractivity contribution in [1.29, 1.82) is 0 Å². The first-order valence-electron chi connectivity index (χ1n) is 1.93. The van der Waals surface area contributed by atoms with Gasteiger partial charge < -0.3 is 4.74 Å². The average molecular weight is 99.1 g/mol. The third-order valence-electron chi connectivity index (χ3n) is 0.708. The molecule has 0 saturated carbocycles. The average Bonchev–Trinajstić information content (AvgIpc) is 2.14. The standard InChI is InChI=1S/C4H5NO2/c6-3-5-1-2-7-4-5/h1-3H,4H2. The molecular weight excluding hydrogens is 94.0 g/mol. The van der Waals surface area contributed by atoms with Crippen LogP contribution in [0.3, 0.4) is 0 Å². The normalized spacial score (nSPS) is 16.9. The van der Waals surface area contributed by atoms with Gasteiger partial charge in [0.05, 0.1) is 0 Å². The first-order chi connectivity index (χ1) is 3.43. The van der Waals surface area contributed by atoms with Crippen LogP contribution in [0.1, 0.15) is 0 Å². The molecule has 1 amide bonds. The summed E-state index contributed by atoms with van der Waals surface area (Å²) < 4.78 is 4.66. The lowest BCUT2D eigenvalue weighted by atomic mass is 10.8. The molecule has 0 radical (unpaired) electrons. The van der Waals surface area contributed by atoms with Crippen LogP contribution in [0.4, 0.5) is 0 Å². The van der Waals surface area contributed by atoms with Crippen LogP contribution in [-0.4, -0.2) is 18.0 Å². The van der Waals surface area contributed by atoms with Crippen LogP contribution in [-0.2, 0) is 9.53 Å². The summed E-state index contributed by atoms with van der Waals surface area (Å²) in [4.78, 5) is 11.2. The monoisotopic (exact) mass is 99.0 g/mol. The van der Waals surface area contributed by atoms with Gasteiger partial charge in [-0.25, -0.2) is 0 Å². The SMILES string of the molecule is O=CN1C=COC1. The summed E-state index contributed by atoms with van der Waals surface area (Å²) >= 11 is 0. The van der Waals surface area contributed by atoms with Gasteiger partial charge in [0.15, 0.2) is 6.73 Å². The third kappa shape index (κ3) is 0.707. The molecule has 1 aliphatic rings. The van der Waals surface area contributed by atoms with Crippen LogP contribution < -0.4 is 0 Å². The predicted octanol–water partition coefficient (Wildman–Crippen LogP) is -0.0963. The fourth-order valence-electron chi connectivity index (χ4n) is 0.359. The molecule has 0 aromatic heterocycles. The fraction of sp³-hybridized carbons (Fsp3) is 0.250. The predicted molar refractivity (Wildman–Crippen MR) is 23.0 cm³/mol. The quantitative estimate of drug-likeness (QED) is 0.430. The van der Waals surface area contributed by atoms with Crippen molar-refractivity contribution in [2.45, 2.75) is 0 Å². The smallest absolute Gasteiger partial charge is 0.216 e. The minimum atomic E-state index is 0.365. The Bertz CT molecular complexity index is 99.9. The van der Waals surface area contributed by atoms with Gasteiger partial charge in [0.1, 0.15) is 6.26 Å². The molecule has 0 fully saturated rings. The first-order valence-corrected chi connectivity index (χ1v) is 1.93. The van der Waals surface area contributed by atoms with E-state index in [4.69, 9.17) is 0 Å². The van der Waals surface area contributed by atoms with E-state index in [-0.39, 0.29) is 0 Å². The van der Waals surface area contributed by atoms with E-state index in [9.17, 15) is 4.79 Å². The molecule has 0 spiro atoms. The molecule has 3 heteroatoms. The van der Waals surface area contributed by atoms with Gasteiger partial charge in [-0.05, 0) is 0 Å². The highest BCUT2D eigenvalue weighted by atomic mass is 16.5. The van der Waals surface area contributed by atoms with Crippen LogP contribution in [0, 0.1) is 0 Å². The number of hydrogen-bond donors (Lipinski definition) is 0. The van der Waals surface area contributed by atoms with Crippen LogP contribution in [0.5, 0.6) is 0 Å². The lowest BCUT2D eigenvalue weighted by Gasteiger charge is -1.98. The zero-order chi connectivity index (χ0) is 5.11. The summed E-state index contributed by atoms with van der Waals surface area (Å²) in [6.07, 6.45) is 3.77. The molecule has 0 aliphatic carbocycles. The van der Waals surface area contributed by atoms with Crippen molar-refractivity contribution in [3.05, 3.63) is 12.5 Å². The molecule has 0 atom stereocenters. The molecule has 0 aromatic carbocycles. The molecule has 1 rings (SSSR count). The van der Waals surface area contributed by atoms with Crippen LogP contribution in [0.2, 0.25) is 0 Å². The summed E-state index contributed by atoms with van der Waals surface area (Å²) in [7, 11) is 0. The van der Waals surface area contributed by atoms with Gasteiger partial charge in [0, 0.05) is 6.20 Å². The number of nitrogens with zero attached hydrogens (tertiary/aromatic N) is 1. The van der Waals surface area contributed by atoms with E-state index in [0.29, 0.717) is 13.1 Å². The van der Waals surface area contributed by atoms with Crippen LogP contribution >= 0.6 is 0 Å². The summed E-state index contributed by atoms with van der Waals surface area (Å²) in [5.41, 5.74) is 0. The van der Waals surface area contributed by atoms with E-state index >= 15 is 0 Å². The van der Waals surface area contributed by atoms with Crippen molar-refractivity contribution < 1.29 is 9.53 Å². The van der Waals surface area contributed by atoms with Crippen molar-refractivity contribution in [2.24, 2.45) is 0 Å². The highest BCUT2D eigenvalue weighted by molar-refractivity contribution is 5.48. The van der Waals surface area contributed by atoms with E-state index in [1.807, 2.05) is 0 Å². The summed E-state index contributed by atoms with van der Waals surface area (Å²) in [5, 5.41) is 0. The summed E-state index contributed by atoms with van der Waals surface area (Å²) in [6.45, 7) is 0.365. The molecule has 1 aliphatic heterocycles. The lowest BCUT2D eigenvalue weighted by Crippen LogP contribution is -2.11. The molecule has 0 aromatic rings. The first kappa shape index (κ1) is 4.18. The minimum Gasteiger partial charge on any atom is -0.479 e. The highest BCUT2D eigenvalue weighted by Crippen LogP contribution is 1.94. The second-order valence-corrected chi connectivity index (χ2v) is 1.20. The number of hydrogen-bond acceptors (Lipinski definition) is 2. The number of carbonyl (C=O) groups is 1. The van der Waals surface area contributed by atoms with Gasteiger partial charge >= 0.3 is 0 Å². The van der Waals surface area contributed by atoms with Gasteiger partial charge in [-0.2, -0.15) is 0 Å². The Hall–Kier alpha value is -0.990. The Kier molecular flexibility index (Phi) is 0.978. The van der Waals surface area contributed by atoms with Gasteiger partial charge in [0.2, 0.25) is 6.41 Å². The van der Waals surface area contributed by atoms with E-state index < -0.39 is 0 Å². The maximum atomic E-state index is 9.80. The molecule has 0 unspecified atom stereocenters. The Morgan fingerprint density at radius 1 is 1.86 bits per heavy atom. The minimum absolute atomic E-state index is 0.365. The van der Waals surface area contributed by atoms with E-state index in [2.05, 4.69) is 4.74 Å². The largest absolute Gasteiger partial charge is 0.479 e. The lowest BCUT2D eigenvalue weighted by molar-refractivity contribution is -0.117. The maximum Gasteiger partial charge on any atom is 0.216 e. The number of amides is 1. The van der Waals surface area contributed by atoms with Crippen molar-refractivity contribution >= 4 is 6.41 Å². The second kappa shape index (κ2) is 1.64. The number of carbonyl (C=O) groups excluding carboxylic acids is 1. The summed E-state index contributed by atoms with van der Waals surface area (Å²) in [5.74, 6) is 0. The van der Waals surface area contributed by atoms with E-state index in [1.54, 1.807) is 6.20 Å². The van der Waals surface area contributed by atoms with Gasteiger partial charge in [-0.15, -0.1) is 0 Å². The molecule has 38 valence electrons. The van der Waals surface area contributed by atoms with Crippen molar-refractivity contribution in [3.63, 3.8) is 0 Å². The number of ether oxygens (including phenoxy) is 1. The van der Waals surface area contributed by atoms with Gasteiger partial charge in [-0.3, -0.25) is 9.69 Å². The zero-order valence-electron chi connectivity index (χ0n) is 3.70. The summed E-state index contributed by atoms with van der Waals surface area (Å²) in [6, 6.07) is 0. The Balaban J connectivity index is 2.42. The van der Waals surface area contributed by atoms with Crippen molar-refractivity contribution in [2.75, 3.05) is 6.73 Å². The van der Waals surface area contributed by atoms with Crippen LogP contribution in [0.15, 0.2) is 12.5 Å². The Morgan fingerprint density at radius 2 is 2.71 bits per heavy atom. The third-order valence-corrected chi connectivity index (χ3v) is 0.708. The molecule has 7 heavy (non-hydrogen) atoms. The fourth-order valence-corrected chi connectivity index (χ4v) is 0.359. The van der Waals surface area contributed by atoms with E-state index in [0.717, 1.165) is 0 Å². The van der Waals surface area contributed by atoms with E-state index in [1.165, 1.54) is 11.2 Å². The van der Waals surface area contributed by atoms with Gasteiger partial charge in [-0.1, -0.05) is 0 Å². The van der Waals surface area contributed by atoms with Crippen molar-refractivity contribution in [1.82, 2.24) is 4.90 Å². The highest BCUT2D eigenvalue weighted by Gasteiger charge is 1.98. The van der Waals surface area contributed by atoms with Gasteiger partial charge in [0.25, 0.3) is 0 Å². The topological polar surface area (TPSA) is 29.5 Å². The molecule has 1 heterocycles.